The fourth-order valence-corrected chi connectivity index (χ4v) is 1.67. The number of alkyl halides is 1. The van der Waals surface area contributed by atoms with E-state index in [1.807, 2.05) is 4.57 Å². The highest BCUT2D eigenvalue weighted by Crippen LogP contribution is 2.13. The number of rotatable bonds is 2. The van der Waals surface area contributed by atoms with E-state index in [-0.39, 0.29) is 0 Å². The quantitative estimate of drug-likeness (QED) is 0.657. The van der Waals surface area contributed by atoms with Crippen LogP contribution in [0.4, 0.5) is 5.82 Å². The average Bonchev–Trinajstić information content (AvgIpc) is 2.51. The van der Waals surface area contributed by atoms with Crippen LogP contribution in [-0.2, 0) is 6.54 Å². The molecule has 2 aromatic heterocycles. The maximum Gasteiger partial charge on any atom is 0.165 e. The van der Waals surface area contributed by atoms with Gasteiger partial charge in [-0.25, -0.2) is 15.0 Å². The third kappa shape index (κ3) is 1.45. The number of hydrogen-bond donors (Lipinski definition) is 1. The first-order chi connectivity index (χ1) is 6.33. The van der Waals surface area contributed by atoms with Crippen LogP contribution in [0.25, 0.3) is 11.2 Å². The van der Waals surface area contributed by atoms with Crippen LogP contribution < -0.4 is 5.73 Å². The Morgan fingerprint density at radius 1 is 1.38 bits per heavy atom. The van der Waals surface area contributed by atoms with Crippen LogP contribution in [-0.4, -0.2) is 23.9 Å². The molecule has 0 saturated carbocycles. The zero-order chi connectivity index (χ0) is 9.26. The minimum Gasteiger partial charge on any atom is -0.382 e. The summed E-state index contributed by atoms with van der Waals surface area (Å²) < 4.78 is 2.99. The Morgan fingerprint density at radius 3 is 3.00 bits per heavy atom. The molecule has 0 aliphatic heterocycles. The Hall–Kier alpha value is -0.920. The molecule has 0 atom stereocenters. The van der Waals surface area contributed by atoms with Gasteiger partial charge in [0.2, 0.25) is 0 Å². The van der Waals surface area contributed by atoms with E-state index in [0.29, 0.717) is 11.3 Å². The first-order valence-corrected chi connectivity index (χ1v) is 5.32. The Bertz CT molecular complexity index is 424. The second-order valence-corrected chi connectivity index (χ2v) is 3.64. The van der Waals surface area contributed by atoms with E-state index in [1.54, 1.807) is 6.33 Å². The molecule has 2 aromatic rings. The maximum atomic E-state index is 5.64. The number of hydrogen-bond acceptors (Lipinski definition) is 4. The van der Waals surface area contributed by atoms with Gasteiger partial charge in [-0.15, -0.1) is 0 Å². The van der Waals surface area contributed by atoms with Crippen molar-refractivity contribution in [3.8, 4) is 0 Å². The van der Waals surface area contributed by atoms with Crippen molar-refractivity contribution in [3.05, 3.63) is 12.7 Å². The van der Waals surface area contributed by atoms with Gasteiger partial charge in [0.1, 0.15) is 11.8 Å². The fraction of sp³-hybridized carbons (Fsp3) is 0.286. The summed E-state index contributed by atoms with van der Waals surface area (Å²) in [6, 6.07) is 0. The largest absolute Gasteiger partial charge is 0.382 e. The molecule has 0 aliphatic carbocycles. The van der Waals surface area contributed by atoms with Crippen molar-refractivity contribution in [3.63, 3.8) is 0 Å². The summed E-state index contributed by atoms with van der Waals surface area (Å²) in [5, 5.41) is 0. The van der Waals surface area contributed by atoms with Crippen molar-refractivity contribution in [2.75, 3.05) is 10.2 Å². The molecule has 0 amide bonds. The Kier molecular flexibility index (Phi) is 2.30. The topological polar surface area (TPSA) is 69.6 Å². The predicted molar refractivity (Wildman–Crippen MR) is 58.6 cm³/mol. The number of aryl methyl sites for hydroxylation is 1. The standard InChI is InChI=1S/C7H8IN5/c8-1-2-13-4-12-5-6(9)10-3-11-7(5)13/h3-4H,1-2H2,(H2,9,10,11). The lowest BCUT2D eigenvalue weighted by molar-refractivity contribution is 0.795. The van der Waals surface area contributed by atoms with Crippen LogP contribution in [0.3, 0.4) is 0 Å². The van der Waals surface area contributed by atoms with Gasteiger partial charge in [0.25, 0.3) is 0 Å². The summed E-state index contributed by atoms with van der Waals surface area (Å²) in [6.07, 6.45) is 3.21. The molecule has 6 heteroatoms. The molecule has 0 spiro atoms. The van der Waals surface area contributed by atoms with Crippen LogP contribution in [0.5, 0.6) is 0 Å². The monoisotopic (exact) mass is 289 g/mol. The van der Waals surface area contributed by atoms with Gasteiger partial charge in [0.05, 0.1) is 6.33 Å². The Balaban J connectivity index is 2.61. The number of nitrogens with two attached hydrogens (primary N) is 1. The van der Waals surface area contributed by atoms with Gasteiger partial charge in [-0.2, -0.15) is 0 Å². The van der Waals surface area contributed by atoms with Crippen molar-refractivity contribution in [2.24, 2.45) is 0 Å². The van der Waals surface area contributed by atoms with E-state index in [0.717, 1.165) is 16.6 Å². The van der Waals surface area contributed by atoms with Gasteiger partial charge in [-0.3, -0.25) is 0 Å². The lowest BCUT2D eigenvalue weighted by atomic mass is 10.5. The van der Waals surface area contributed by atoms with E-state index in [4.69, 9.17) is 5.73 Å². The highest BCUT2D eigenvalue weighted by molar-refractivity contribution is 14.1. The molecule has 0 radical (unpaired) electrons. The van der Waals surface area contributed by atoms with Gasteiger partial charge in [-0.1, -0.05) is 22.6 Å². The van der Waals surface area contributed by atoms with E-state index >= 15 is 0 Å². The molecule has 2 heterocycles. The first-order valence-electron chi connectivity index (χ1n) is 3.80. The molecule has 13 heavy (non-hydrogen) atoms. The van der Waals surface area contributed by atoms with E-state index in [2.05, 4.69) is 37.5 Å². The minimum atomic E-state index is 0.442. The number of nitrogens with zero attached hydrogens (tertiary/aromatic N) is 4. The molecule has 0 fully saturated rings. The SMILES string of the molecule is Nc1ncnc2c1ncn2CCI. The maximum absolute atomic E-state index is 5.64. The third-order valence-corrected chi connectivity index (χ3v) is 2.24. The molecule has 68 valence electrons. The Morgan fingerprint density at radius 2 is 2.23 bits per heavy atom. The summed E-state index contributed by atoms with van der Waals surface area (Å²) in [5.74, 6) is 0.442. The summed E-state index contributed by atoms with van der Waals surface area (Å²) in [6.45, 7) is 0.896. The number of fused-ring (bicyclic) bond motifs is 1. The summed E-state index contributed by atoms with van der Waals surface area (Å²) in [7, 11) is 0. The summed E-state index contributed by atoms with van der Waals surface area (Å²) in [5.41, 5.74) is 7.13. The third-order valence-electron chi connectivity index (χ3n) is 1.75. The van der Waals surface area contributed by atoms with Crippen LogP contribution in [0.1, 0.15) is 0 Å². The minimum absolute atomic E-state index is 0.442. The second-order valence-electron chi connectivity index (χ2n) is 2.56. The molecular formula is C7H8IN5. The van der Waals surface area contributed by atoms with Crippen LogP contribution >= 0.6 is 22.6 Å². The smallest absolute Gasteiger partial charge is 0.165 e. The number of imidazole rings is 1. The van der Waals surface area contributed by atoms with Crippen LogP contribution in [0, 0.1) is 0 Å². The average molecular weight is 289 g/mol. The molecule has 0 aromatic carbocycles. The van der Waals surface area contributed by atoms with Crippen molar-refractivity contribution in [2.45, 2.75) is 6.54 Å². The van der Waals surface area contributed by atoms with E-state index in [1.165, 1.54) is 6.33 Å². The first kappa shape index (κ1) is 8.67. The highest BCUT2D eigenvalue weighted by atomic mass is 127. The summed E-state index contributed by atoms with van der Waals surface area (Å²) in [4.78, 5) is 12.1. The molecular weight excluding hydrogens is 281 g/mol. The van der Waals surface area contributed by atoms with Crippen molar-refractivity contribution in [1.29, 1.82) is 0 Å². The molecule has 0 aliphatic rings. The summed E-state index contributed by atoms with van der Waals surface area (Å²) >= 11 is 2.31. The van der Waals surface area contributed by atoms with E-state index in [9.17, 15) is 0 Å². The molecule has 2 N–H and O–H groups in total. The Labute approximate surface area is 88.5 Å². The van der Waals surface area contributed by atoms with E-state index < -0.39 is 0 Å². The number of halogens is 1. The van der Waals surface area contributed by atoms with Crippen molar-refractivity contribution < 1.29 is 0 Å². The zero-order valence-electron chi connectivity index (χ0n) is 6.81. The molecule has 5 nitrogen and oxygen atoms in total. The van der Waals surface area contributed by atoms with Crippen molar-refractivity contribution in [1.82, 2.24) is 19.5 Å². The molecule has 0 saturated heterocycles. The molecule has 2 rings (SSSR count). The number of nitrogen functional groups attached to an aromatic ring is 1. The fourth-order valence-electron chi connectivity index (χ4n) is 1.15. The van der Waals surface area contributed by atoms with Gasteiger partial charge < -0.3 is 10.3 Å². The number of aromatic nitrogens is 4. The van der Waals surface area contributed by atoms with Gasteiger partial charge >= 0.3 is 0 Å². The van der Waals surface area contributed by atoms with Gasteiger partial charge in [-0.05, 0) is 0 Å². The number of anilines is 1. The lowest BCUT2D eigenvalue weighted by Crippen LogP contribution is -1.99. The highest BCUT2D eigenvalue weighted by Gasteiger charge is 2.05. The predicted octanol–water partition coefficient (Wildman–Crippen LogP) is 0.843. The second kappa shape index (κ2) is 3.44. The van der Waals surface area contributed by atoms with Crippen molar-refractivity contribution >= 4 is 39.6 Å². The van der Waals surface area contributed by atoms with Gasteiger partial charge in [0.15, 0.2) is 11.5 Å². The normalized spacial score (nSPS) is 10.8. The van der Waals surface area contributed by atoms with Crippen LogP contribution in [0.2, 0.25) is 0 Å². The molecule has 0 bridgehead atoms. The molecule has 0 unspecified atom stereocenters. The van der Waals surface area contributed by atoms with Gasteiger partial charge in [0, 0.05) is 11.0 Å². The zero-order valence-corrected chi connectivity index (χ0v) is 8.97. The lowest BCUT2D eigenvalue weighted by Gasteiger charge is -1.98. The van der Waals surface area contributed by atoms with Crippen LogP contribution in [0.15, 0.2) is 12.7 Å².